The molecule has 0 saturated carbocycles. The first-order chi connectivity index (χ1) is 9.19. The Balaban J connectivity index is 2.49. The van der Waals surface area contributed by atoms with Crippen LogP contribution in [-0.4, -0.2) is 44.2 Å². The fourth-order valence-corrected chi connectivity index (χ4v) is 2.54. The van der Waals surface area contributed by atoms with Crippen LogP contribution in [0.3, 0.4) is 0 Å². The molecular formula is C13H24N4OS. The van der Waals surface area contributed by atoms with Gasteiger partial charge in [-0.3, -0.25) is 10.4 Å². The molecule has 0 fully saturated rings. The number of nitrogens with one attached hydrogen (secondary N) is 1. The second-order valence-corrected chi connectivity index (χ2v) is 5.47. The molecule has 0 saturated heterocycles. The minimum atomic E-state index is 0.343. The van der Waals surface area contributed by atoms with E-state index in [2.05, 4.69) is 39.8 Å². The lowest BCUT2D eigenvalue weighted by atomic mass is 10.2. The third kappa shape index (κ3) is 5.59. The van der Waals surface area contributed by atoms with Crippen LogP contribution in [-0.2, 0) is 11.2 Å². The van der Waals surface area contributed by atoms with Gasteiger partial charge in [0.1, 0.15) is 0 Å². The van der Waals surface area contributed by atoms with E-state index in [-0.39, 0.29) is 0 Å². The zero-order chi connectivity index (χ0) is 14.1. The SMILES string of the molecule is COCCCN=C(NN)N(C)C(C)Cc1cccs1. The highest BCUT2D eigenvalue weighted by Crippen LogP contribution is 2.13. The van der Waals surface area contributed by atoms with Crippen LogP contribution in [0.25, 0.3) is 0 Å². The minimum absolute atomic E-state index is 0.343. The predicted molar refractivity (Wildman–Crippen MR) is 81.4 cm³/mol. The van der Waals surface area contributed by atoms with Gasteiger partial charge in [0.05, 0.1) is 0 Å². The molecule has 1 heterocycles. The Morgan fingerprint density at radius 2 is 2.42 bits per heavy atom. The third-order valence-corrected chi connectivity index (χ3v) is 3.87. The summed E-state index contributed by atoms with van der Waals surface area (Å²) < 4.78 is 5.00. The normalized spacial score (nSPS) is 13.4. The number of methoxy groups -OCH3 is 1. The first kappa shape index (κ1) is 15.9. The van der Waals surface area contributed by atoms with Crippen molar-refractivity contribution in [1.82, 2.24) is 10.3 Å². The number of nitrogens with two attached hydrogens (primary N) is 1. The van der Waals surface area contributed by atoms with Gasteiger partial charge >= 0.3 is 0 Å². The van der Waals surface area contributed by atoms with Gasteiger partial charge < -0.3 is 9.64 Å². The van der Waals surface area contributed by atoms with Crippen LogP contribution < -0.4 is 11.3 Å². The lowest BCUT2D eigenvalue weighted by Crippen LogP contribution is -2.47. The van der Waals surface area contributed by atoms with E-state index in [0.717, 1.165) is 25.4 Å². The molecule has 1 unspecified atom stereocenters. The van der Waals surface area contributed by atoms with Gasteiger partial charge in [-0.2, -0.15) is 0 Å². The van der Waals surface area contributed by atoms with Crippen molar-refractivity contribution in [3.8, 4) is 0 Å². The molecule has 0 aliphatic rings. The van der Waals surface area contributed by atoms with Crippen molar-refractivity contribution in [2.45, 2.75) is 25.8 Å². The molecule has 1 aromatic heterocycles. The summed E-state index contributed by atoms with van der Waals surface area (Å²) >= 11 is 1.78. The van der Waals surface area contributed by atoms with E-state index in [1.807, 2.05) is 7.05 Å². The van der Waals surface area contributed by atoms with Gasteiger partial charge in [0, 0.05) is 44.6 Å². The number of rotatable bonds is 7. The average Bonchev–Trinajstić information content (AvgIpc) is 2.91. The molecule has 108 valence electrons. The summed E-state index contributed by atoms with van der Waals surface area (Å²) in [5.74, 6) is 6.27. The van der Waals surface area contributed by atoms with E-state index in [0.29, 0.717) is 12.6 Å². The maximum Gasteiger partial charge on any atom is 0.208 e. The Kier molecular flexibility index (Phi) is 7.47. The second-order valence-electron chi connectivity index (χ2n) is 4.44. The first-order valence-corrected chi connectivity index (χ1v) is 7.32. The number of hydrazine groups is 1. The number of nitrogens with zero attached hydrogens (tertiary/aromatic N) is 2. The van der Waals surface area contributed by atoms with Crippen molar-refractivity contribution in [2.24, 2.45) is 10.8 Å². The molecular weight excluding hydrogens is 260 g/mol. The fourth-order valence-electron chi connectivity index (χ4n) is 1.72. The van der Waals surface area contributed by atoms with Crippen LogP contribution >= 0.6 is 11.3 Å². The Bertz CT molecular complexity index is 367. The zero-order valence-corrected chi connectivity index (χ0v) is 12.7. The van der Waals surface area contributed by atoms with Crippen molar-refractivity contribution in [3.63, 3.8) is 0 Å². The maximum atomic E-state index is 5.55. The lowest BCUT2D eigenvalue weighted by molar-refractivity contribution is 0.197. The number of ether oxygens (including phenoxy) is 1. The Morgan fingerprint density at radius 3 is 3.00 bits per heavy atom. The topological polar surface area (TPSA) is 62.9 Å². The van der Waals surface area contributed by atoms with E-state index < -0.39 is 0 Å². The van der Waals surface area contributed by atoms with Gasteiger partial charge in [0.15, 0.2) is 0 Å². The fraction of sp³-hybridized carbons (Fsp3) is 0.615. The third-order valence-electron chi connectivity index (χ3n) is 2.97. The smallest absolute Gasteiger partial charge is 0.208 e. The number of guanidine groups is 1. The molecule has 0 bridgehead atoms. The maximum absolute atomic E-state index is 5.55. The van der Waals surface area contributed by atoms with Crippen LogP contribution in [0.15, 0.2) is 22.5 Å². The molecule has 0 aromatic carbocycles. The van der Waals surface area contributed by atoms with Crippen molar-refractivity contribution in [2.75, 3.05) is 27.3 Å². The quantitative estimate of drug-likeness (QED) is 0.262. The molecule has 0 radical (unpaired) electrons. The second kappa shape index (κ2) is 8.90. The summed E-state index contributed by atoms with van der Waals surface area (Å²) in [6, 6.07) is 4.57. The number of hydrogen-bond donors (Lipinski definition) is 2. The van der Waals surface area contributed by atoms with Crippen molar-refractivity contribution < 1.29 is 4.74 Å². The number of thiophene rings is 1. The first-order valence-electron chi connectivity index (χ1n) is 6.44. The Morgan fingerprint density at radius 1 is 1.63 bits per heavy atom. The van der Waals surface area contributed by atoms with Gasteiger partial charge in [0.25, 0.3) is 0 Å². The van der Waals surface area contributed by atoms with Crippen molar-refractivity contribution in [3.05, 3.63) is 22.4 Å². The van der Waals surface area contributed by atoms with Crippen LogP contribution in [0.1, 0.15) is 18.2 Å². The highest BCUT2D eigenvalue weighted by atomic mass is 32.1. The van der Waals surface area contributed by atoms with E-state index >= 15 is 0 Å². The summed E-state index contributed by atoms with van der Waals surface area (Å²) in [7, 11) is 3.70. The van der Waals surface area contributed by atoms with Crippen molar-refractivity contribution >= 4 is 17.3 Å². The van der Waals surface area contributed by atoms with Gasteiger partial charge in [-0.1, -0.05) is 6.07 Å². The largest absolute Gasteiger partial charge is 0.385 e. The summed E-state index contributed by atoms with van der Waals surface area (Å²) in [6.45, 7) is 3.60. The highest BCUT2D eigenvalue weighted by Gasteiger charge is 2.13. The summed E-state index contributed by atoms with van der Waals surface area (Å²) in [5, 5.41) is 2.10. The Labute approximate surface area is 119 Å². The molecule has 1 aromatic rings. The summed E-state index contributed by atoms with van der Waals surface area (Å²) in [4.78, 5) is 7.91. The van der Waals surface area contributed by atoms with Gasteiger partial charge in [0.2, 0.25) is 5.96 Å². The standard InChI is InChI=1S/C13H24N4OS/c1-11(10-12-6-4-9-19-12)17(2)13(16-14)15-7-5-8-18-3/h4,6,9,11H,5,7-8,10,14H2,1-3H3,(H,15,16). The number of aliphatic imine (C=N–C) groups is 1. The van der Waals surface area contributed by atoms with Crippen LogP contribution in [0.2, 0.25) is 0 Å². The van der Waals surface area contributed by atoms with E-state index in [1.54, 1.807) is 18.4 Å². The molecule has 1 atom stereocenters. The molecule has 19 heavy (non-hydrogen) atoms. The van der Waals surface area contributed by atoms with Gasteiger partial charge in [-0.15, -0.1) is 11.3 Å². The molecule has 0 spiro atoms. The molecule has 0 aliphatic carbocycles. The molecule has 5 nitrogen and oxygen atoms in total. The van der Waals surface area contributed by atoms with Gasteiger partial charge in [-0.25, -0.2) is 5.84 Å². The lowest BCUT2D eigenvalue weighted by Gasteiger charge is -2.27. The van der Waals surface area contributed by atoms with Crippen LogP contribution in [0.4, 0.5) is 0 Å². The number of hydrogen-bond acceptors (Lipinski definition) is 4. The van der Waals surface area contributed by atoms with Crippen molar-refractivity contribution in [1.29, 1.82) is 0 Å². The Hall–Kier alpha value is -1.11. The average molecular weight is 284 g/mol. The summed E-state index contributed by atoms with van der Waals surface area (Å²) in [6.07, 6.45) is 1.89. The number of likely N-dealkylation sites (N-methyl/N-ethyl adjacent to an activating group) is 1. The monoisotopic (exact) mass is 284 g/mol. The molecule has 3 N–H and O–H groups in total. The minimum Gasteiger partial charge on any atom is -0.385 e. The summed E-state index contributed by atoms with van der Waals surface area (Å²) in [5.41, 5.74) is 2.68. The molecule has 1 rings (SSSR count). The molecule has 0 amide bonds. The van der Waals surface area contributed by atoms with E-state index in [4.69, 9.17) is 10.6 Å². The predicted octanol–water partition coefficient (Wildman–Crippen LogP) is 1.47. The zero-order valence-electron chi connectivity index (χ0n) is 11.9. The van der Waals surface area contributed by atoms with E-state index in [9.17, 15) is 0 Å². The van der Waals surface area contributed by atoms with Crippen LogP contribution in [0.5, 0.6) is 0 Å². The highest BCUT2D eigenvalue weighted by molar-refractivity contribution is 7.09. The molecule has 0 aliphatic heterocycles. The molecule has 6 heteroatoms. The van der Waals surface area contributed by atoms with Gasteiger partial charge in [-0.05, 0) is 24.8 Å². The van der Waals surface area contributed by atoms with E-state index in [1.165, 1.54) is 4.88 Å². The van der Waals surface area contributed by atoms with Crippen LogP contribution in [0, 0.1) is 0 Å².